The van der Waals surface area contributed by atoms with E-state index in [4.69, 9.17) is 0 Å². The van der Waals surface area contributed by atoms with Gasteiger partial charge in [-0.05, 0) is 48.4 Å². The molecule has 0 saturated carbocycles. The summed E-state index contributed by atoms with van der Waals surface area (Å²) in [7, 11) is 0. The highest BCUT2D eigenvalue weighted by atomic mass is 19.1. The summed E-state index contributed by atoms with van der Waals surface area (Å²) in [5, 5.41) is 10.7. The summed E-state index contributed by atoms with van der Waals surface area (Å²) in [4.78, 5) is 30.4. The van der Waals surface area contributed by atoms with Gasteiger partial charge in [0.1, 0.15) is 11.6 Å². The van der Waals surface area contributed by atoms with Crippen LogP contribution in [0.5, 0.6) is 0 Å². The number of carbonyl (C=O) groups excluding carboxylic acids is 2. The summed E-state index contributed by atoms with van der Waals surface area (Å²) in [6.45, 7) is 2.29. The fraction of sp³-hybridized carbons (Fsp3) is 0.211. The van der Waals surface area contributed by atoms with Crippen LogP contribution < -0.4 is 0 Å². The second-order valence-electron chi connectivity index (χ2n) is 5.78. The molecule has 25 heavy (non-hydrogen) atoms. The Morgan fingerprint density at radius 3 is 2.40 bits per heavy atom. The number of nitrogens with zero attached hydrogens (tertiary/aromatic N) is 2. The topological polar surface area (TPSA) is 70.5 Å². The maximum Gasteiger partial charge on any atom is 0.295 e. The zero-order valence-electron chi connectivity index (χ0n) is 13.6. The van der Waals surface area contributed by atoms with Crippen molar-refractivity contribution >= 4 is 17.4 Å². The van der Waals surface area contributed by atoms with Crippen LogP contribution in [0.2, 0.25) is 0 Å². The molecule has 1 saturated heterocycles. The van der Waals surface area contributed by atoms with Gasteiger partial charge in [0.25, 0.3) is 11.7 Å². The van der Waals surface area contributed by atoms with Gasteiger partial charge in [0.05, 0.1) is 11.6 Å². The van der Waals surface area contributed by atoms with Crippen molar-refractivity contribution in [1.82, 2.24) is 9.88 Å². The van der Waals surface area contributed by atoms with Gasteiger partial charge in [-0.1, -0.05) is 6.92 Å². The van der Waals surface area contributed by atoms with Crippen LogP contribution in [0.25, 0.3) is 5.76 Å². The van der Waals surface area contributed by atoms with E-state index < -0.39 is 23.5 Å². The summed E-state index contributed by atoms with van der Waals surface area (Å²) in [5.74, 6) is -2.14. The van der Waals surface area contributed by atoms with Crippen LogP contribution in [0.15, 0.2) is 54.4 Å². The number of benzene rings is 1. The molecular weight excluding hydrogens is 323 g/mol. The minimum absolute atomic E-state index is 0.0104. The van der Waals surface area contributed by atoms with Crippen molar-refractivity contribution in [3.63, 3.8) is 0 Å². The molecular formula is C19H17FN2O3. The van der Waals surface area contributed by atoms with Gasteiger partial charge in [0.15, 0.2) is 0 Å². The molecule has 3 rings (SSSR count). The molecule has 5 nitrogen and oxygen atoms in total. The van der Waals surface area contributed by atoms with E-state index in [0.29, 0.717) is 18.5 Å². The molecule has 1 amide bonds. The largest absolute Gasteiger partial charge is 0.507 e. The molecule has 1 unspecified atom stereocenters. The van der Waals surface area contributed by atoms with Gasteiger partial charge in [-0.15, -0.1) is 0 Å². The molecule has 128 valence electrons. The minimum atomic E-state index is -0.739. The van der Waals surface area contributed by atoms with Crippen molar-refractivity contribution in [3.05, 3.63) is 71.3 Å². The first-order valence-electron chi connectivity index (χ1n) is 7.99. The fourth-order valence-corrected chi connectivity index (χ4v) is 3.01. The van der Waals surface area contributed by atoms with Crippen molar-refractivity contribution in [3.8, 4) is 0 Å². The summed E-state index contributed by atoms with van der Waals surface area (Å²) in [6, 6.07) is 7.86. The maximum atomic E-state index is 13.1. The number of hydrogen-bond donors (Lipinski definition) is 1. The van der Waals surface area contributed by atoms with E-state index in [0.717, 1.165) is 0 Å². The van der Waals surface area contributed by atoms with E-state index in [1.165, 1.54) is 29.2 Å². The predicted molar refractivity (Wildman–Crippen MR) is 89.9 cm³/mol. The Kier molecular flexibility index (Phi) is 4.61. The lowest BCUT2D eigenvalue weighted by molar-refractivity contribution is -0.139. The molecule has 1 atom stereocenters. The number of carbonyl (C=O) groups is 2. The molecule has 1 N–H and O–H groups in total. The van der Waals surface area contributed by atoms with E-state index in [9.17, 15) is 19.1 Å². The Morgan fingerprint density at radius 2 is 1.80 bits per heavy atom. The standard InChI is InChI=1S/C19H17FN2O3/c1-2-11-22-16(12-7-9-21-10-8-12)15(18(24)19(22)25)17(23)13-3-5-14(20)6-4-13/h3-10,16,23H,2,11H2,1H3/b17-15-. The lowest BCUT2D eigenvalue weighted by Crippen LogP contribution is -2.30. The molecule has 0 bridgehead atoms. The number of Topliss-reactive ketones (excluding diaryl/α,β-unsaturated/α-hetero) is 1. The second-order valence-corrected chi connectivity index (χ2v) is 5.78. The third-order valence-corrected chi connectivity index (χ3v) is 4.14. The smallest absolute Gasteiger partial charge is 0.295 e. The first kappa shape index (κ1) is 16.8. The van der Waals surface area contributed by atoms with Gasteiger partial charge < -0.3 is 10.0 Å². The molecule has 0 aliphatic carbocycles. The first-order chi connectivity index (χ1) is 12.0. The van der Waals surface area contributed by atoms with Crippen LogP contribution in [0.3, 0.4) is 0 Å². The predicted octanol–water partition coefficient (Wildman–Crippen LogP) is 3.05. The van der Waals surface area contributed by atoms with Crippen LogP contribution in [-0.2, 0) is 9.59 Å². The van der Waals surface area contributed by atoms with Crippen molar-refractivity contribution < 1.29 is 19.1 Å². The molecule has 2 heterocycles. The van der Waals surface area contributed by atoms with E-state index in [1.807, 2.05) is 6.92 Å². The number of rotatable bonds is 4. The average molecular weight is 340 g/mol. The highest BCUT2D eigenvalue weighted by Crippen LogP contribution is 2.39. The van der Waals surface area contributed by atoms with Gasteiger partial charge in [-0.25, -0.2) is 4.39 Å². The zero-order valence-corrected chi connectivity index (χ0v) is 13.6. The molecule has 1 fully saturated rings. The number of aromatic nitrogens is 1. The number of pyridine rings is 1. The molecule has 1 aromatic heterocycles. The average Bonchev–Trinajstić information content (AvgIpc) is 2.88. The van der Waals surface area contributed by atoms with Crippen LogP contribution >= 0.6 is 0 Å². The highest BCUT2D eigenvalue weighted by Gasteiger charge is 2.45. The Morgan fingerprint density at radius 1 is 1.16 bits per heavy atom. The van der Waals surface area contributed by atoms with E-state index in [2.05, 4.69) is 4.98 Å². The monoisotopic (exact) mass is 340 g/mol. The normalized spacial score (nSPS) is 19.4. The SMILES string of the molecule is CCCN1C(=O)C(=O)/C(=C(\O)c2ccc(F)cc2)C1c1ccncc1. The number of halogens is 1. The zero-order chi connectivity index (χ0) is 18.0. The molecule has 1 aliphatic rings. The summed E-state index contributed by atoms with van der Waals surface area (Å²) in [5.41, 5.74) is 0.984. The Labute approximate surface area is 144 Å². The Bertz CT molecular complexity index is 832. The number of aliphatic hydroxyl groups excluding tert-OH is 1. The van der Waals surface area contributed by atoms with Crippen LogP contribution in [0, 0.1) is 5.82 Å². The molecule has 6 heteroatoms. The number of likely N-dealkylation sites (tertiary alicyclic amines) is 1. The third kappa shape index (κ3) is 3.03. The Hall–Kier alpha value is -3.02. The van der Waals surface area contributed by atoms with Gasteiger partial charge >= 0.3 is 0 Å². The molecule has 2 aromatic rings. The number of hydrogen-bond acceptors (Lipinski definition) is 4. The highest BCUT2D eigenvalue weighted by molar-refractivity contribution is 6.46. The van der Waals surface area contributed by atoms with E-state index in [1.54, 1.807) is 24.5 Å². The Balaban J connectivity index is 2.17. The third-order valence-electron chi connectivity index (χ3n) is 4.14. The molecule has 0 spiro atoms. The van der Waals surface area contributed by atoms with E-state index >= 15 is 0 Å². The van der Waals surface area contributed by atoms with Gasteiger partial charge in [0.2, 0.25) is 0 Å². The minimum Gasteiger partial charge on any atom is -0.507 e. The summed E-state index contributed by atoms with van der Waals surface area (Å²) >= 11 is 0. The van der Waals surface area contributed by atoms with Crippen LogP contribution in [0.1, 0.15) is 30.5 Å². The van der Waals surface area contributed by atoms with Gasteiger partial charge in [0, 0.05) is 24.5 Å². The summed E-state index contributed by atoms with van der Waals surface area (Å²) < 4.78 is 13.1. The number of amides is 1. The first-order valence-corrected chi connectivity index (χ1v) is 7.99. The lowest BCUT2D eigenvalue weighted by Gasteiger charge is -2.24. The van der Waals surface area contributed by atoms with Gasteiger partial charge in [-0.3, -0.25) is 14.6 Å². The maximum absolute atomic E-state index is 13.1. The molecule has 1 aliphatic heterocycles. The molecule has 0 radical (unpaired) electrons. The molecule has 1 aromatic carbocycles. The van der Waals surface area contributed by atoms with Crippen molar-refractivity contribution in [2.45, 2.75) is 19.4 Å². The lowest BCUT2D eigenvalue weighted by atomic mass is 9.96. The number of ketones is 1. The summed E-state index contributed by atoms with van der Waals surface area (Å²) in [6.07, 6.45) is 3.81. The van der Waals surface area contributed by atoms with Crippen LogP contribution in [0.4, 0.5) is 4.39 Å². The van der Waals surface area contributed by atoms with Crippen LogP contribution in [-0.4, -0.2) is 33.2 Å². The van der Waals surface area contributed by atoms with Gasteiger partial charge in [-0.2, -0.15) is 0 Å². The van der Waals surface area contributed by atoms with Crippen molar-refractivity contribution in [2.24, 2.45) is 0 Å². The second kappa shape index (κ2) is 6.84. The quantitative estimate of drug-likeness (QED) is 0.528. The number of aliphatic hydroxyl groups is 1. The van der Waals surface area contributed by atoms with E-state index in [-0.39, 0.29) is 16.9 Å². The van der Waals surface area contributed by atoms with Crippen molar-refractivity contribution in [2.75, 3.05) is 6.54 Å². The fourth-order valence-electron chi connectivity index (χ4n) is 3.01. The van der Waals surface area contributed by atoms with Crippen molar-refractivity contribution in [1.29, 1.82) is 0 Å².